The van der Waals surface area contributed by atoms with Crippen LogP contribution in [0.1, 0.15) is 0 Å². The van der Waals surface area contributed by atoms with E-state index < -0.39 is 23.0 Å². The number of carbonyl (C=O) groups is 2. The highest BCUT2D eigenvalue weighted by Crippen LogP contribution is 2.20. The Balaban J connectivity index is 2.87. The minimum Gasteiger partial charge on any atom is -0.465 e. The number of imide groups is 1. The van der Waals surface area contributed by atoms with Gasteiger partial charge in [-0.1, -0.05) is 6.07 Å². The van der Waals surface area contributed by atoms with Gasteiger partial charge < -0.3 is 5.11 Å². The molecule has 0 aliphatic rings. The molecule has 2 amide bonds. The van der Waals surface area contributed by atoms with Crippen LogP contribution >= 0.6 is 0 Å². The molecule has 0 aliphatic heterocycles. The Labute approximate surface area is 111 Å². The minimum atomic E-state index is -1.66. The molecule has 0 heterocycles. The first kappa shape index (κ1) is 14.7. The molecule has 2 N–H and O–H groups in total. The number of nitro groups is 1. The number of azo groups is 1. The summed E-state index contributed by atoms with van der Waals surface area (Å²) in [6.07, 6.45) is -1.62. The van der Waals surface area contributed by atoms with Gasteiger partial charge in [0.05, 0.1) is 10.6 Å². The molecule has 0 aliphatic carbocycles. The largest absolute Gasteiger partial charge is 0.465 e. The summed E-state index contributed by atoms with van der Waals surface area (Å²) >= 11 is 0. The number of amides is 2. The molecule has 0 spiro atoms. The molecular formula is C10H7N5O5. The summed E-state index contributed by atoms with van der Waals surface area (Å²) in [7, 11) is 0. The maximum absolute atomic E-state index is 11.2. The summed E-state index contributed by atoms with van der Waals surface area (Å²) in [5.74, 6) is -1.16. The lowest BCUT2D eigenvalue weighted by Gasteiger charge is -2.00. The van der Waals surface area contributed by atoms with Crippen LogP contribution in [0.4, 0.5) is 16.2 Å². The molecule has 1 aromatic rings. The van der Waals surface area contributed by atoms with Gasteiger partial charge in [0.25, 0.3) is 11.6 Å². The average molecular weight is 277 g/mol. The van der Waals surface area contributed by atoms with Gasteiger partial charge in [-0.05, 0) is 6.07 Å². The van der Waals surface area contributed by atoms with Gasteiger partial charge in [0.2, 0.25) is 6.04 Å². The quantitative estimate of drug-likeness (QED) is 0.480. The van der Waals surface area contributed by atoms with Crippen LogP contribution in [0.15, 0.2) is 34.5 Å². The highest BCUT2D eigenvalue weighted by molar-refractivity contribution is 5.95. The van der Waals surface area contributed by atoms with Crippen molar-refractivity contribution >= 4 is 23.4 Å². The van der Waals surface area contributed by atoms with Crippen molar-refractivity contribution in [1.29, 1.82) is 5.26 Å². The second kappa shape index (κ2) is 6.55. The third-order valence-electron chi connectivity index (χ3n) is 1.93. The third kappa shape index (κ3) is 4.15. The first-order chi connectivity index (χ1) is 9.43. The van der Waals surface area contributed by atoms with Gasteiger partial charge in [-0.15, -0.1) is 0 Å². The summed E-state index contributed by atoms with van der Waals surface area (Å²) in [6.45, 7) is 0. The Hall–Kier alpha value is -3.35. The fraction of sp³-hybridized carbons (Fsp3) is 0.100. The van der Waals surface area contributed by atoms with Gasteiger partial charge in [-0.25, -0.2) is 4.79 Å². The molecule has 0 fully saturated rings. The van der Waals surface area contributed by atoms with E-state index >= 15 is 0 Å². The van der Waals surface area contributed by atoms with E-state index in [-0.39, 0.29) is 11.4 Å². The van der Waals surface area contributed by atoms with E-state index in [9.17, 15) is 19.7 Å². The lowest BCUT2D eigenvalue weighted by Crippen LogP contribution is -2.36. The Morgan fingerprint density at radius 2 is 2.20 bits per heavy atom. The van der Waals surface area contributed by atoms with Crippen molar-refractivity contribution in [3.63, 3.8) is 0 Å². The van der Waals surface area contributed by atoms with Crippen LogP contribution in [0.25, 0.3) is 0 Å². The van der Waals surface area contributed by atoms with Crippen LogP contribution in [-0.4, -0.2) is 28.1 Å². The van der Waals surface area contributed by atoms with E-state index in [1.165, 1.54) is 29.6 Å². The summed E-state index contributed by atoms with van der Waals surface area (Å²) in [5.41, 5.74) is -0.174. The first-order valence-corrected chi connectivity index (χ1v) is 5.02. The van der Waals surface area contributed by atoms with Crippen LogP contribution in [0, 0.1) is 21.4 Å². The number of carbonyl (C=O) groups excluding carboxylic acids is 1. The number of rotatable bonds is 4. The average Bonchev–Trinajstić information content (AvgIpc) is 2.39. The van der Waals surface area contributed by atoms with E-state index in [2.05, 4.69) is 10.2 Å². The molecule has 0 aromatic heterocycles. The maximum atomic E-state index is 11.2. The fourth-order valence-corrected chi connectivity index (χ4v) is 1.10. The zero-order valence-electron chi connectivity index (χ0n) is 9.76. The summed E-state index contributed by atoms with van der Waals surface area (Å²) in [4.78, 5) is 31.3. The van der Waals surface area contributed by atoms with Gasteiger partial charge in [-0.3, -0.25) is 20.2 Å². The Morgan fingerprint density at radius 3 is 2.75 bits per heavy atom. The van der Waals surface area contributed by atoms with Gasteiger partial charge >= 0.3 is 6.09 Å². The number of nitrogens with zero attached hydrogens (tertiary/aromatic N) is 4. The molecule has 10 nitrogen and oxygen atoms in total. The fourth-order valence-electron chi connectivity index (χ4n) is 1.10. The van der Waals surface area contributed by atoms with Crippen LogP contribution in [0.3, 0.4) is 0 Å². The highest BCUT2D eigenvalue weighted by atomic mass is 16.6. The maximum Gasteiger partial charge on any atom is 0.411 e. The van der Waals surface area contributed by atoms with Crippen LogP contribution in [0.2, 0.25) is 0 Å². The summed E-state index contributed by atoms with van der Waals surface area (Å²) in [6, 6.07) is 4.84. The van der Waals surface area contributed by atoms with Crippen molar-refractivity contribution in [2.45, 2.75) is 6.04 Å². The Kier molecular flexibility index (Phi) is 4.82. The van der Waals surface area contributed by atoms with Crippen molar-refractivity contribution < 1.29 is 19.6 Å². The topological polar surface area (TPSA) is 158 Å². The molecule has 1 rings (SSSR count). The minimum absolute atomic E-state index is 0.0579. The monoisotopic (exact) mass is 277 g/mol. The van der Waals surface area contributed by atoms with Crippen LogP contribution in [0.5, 0.6) is 0 Å². The van der Waals surface area contributed by atoms with E-state index in [0.29, 0.717) is 0 Å². The van der Waals surface area contributed by atoms with E-state index in [1.807, 2.05) is 0 Å². The third-order valence-corrected chi connectivity index (χ3v) is 1.93. The van der Waals surface area contributed by atoms with E-state index in [0.717, 1.165) is 6.07 Å². The zero-order valence-corrected chi connectivity index (χ0v) is 9.76. The number of hydrogen-bond donors (Lipinski definition) is 2. The van der Waals surface area contributed by atoms with Crippen molar-refractivity contribution in [2.24, 2.45) is 10.2 Å². The second-order valence-corrected chi connectivity index (χ2v) is 3.32. The Bertz CT molecular complexity index is 621. The number of nitrogens with one attached hydrogen (secondary N) is 1. The van der Waals surface area contributed by atoms with Gasteiger partial charge in [-0.2, -0.15) is 15.5 Å². The zero-order chi connectivity index (χ0) is 15.1. The lowest BCUT2D eigenvalue weighted by molar-refractivity contribution is -0.384. The number of hydrogen-bond acceptors (Lipinski definition) is 7. The predicted molar refractivity (Wildman–Crippen MR) is 63.2 cm³/mol. The molecule has 20 heavy (non-hydrogen) atoms. The summed E-state index contributed by atoms with van der Waals surface area (Å²) < 4.78 is 0. The Morgan fingerprint density at radius 1 is 1.50 bits per heavy atom. The molecule has 10 heteroatoms. The first-order valence-electron chi connectivity index (χ1n) is 5.02. The number of carboxylic acid groups (broad SMARTS) is 1. The lowest BCUT2D eigenvalue weighted by atomic mass is 10.3. The molecule has 0 bridgehead atoms. The van der Waals surface area contributed by atoms with Crippen molar-refractivity contribution in [3.05, 3.63) is 34.4 Å². The predicted octanol–water partition coefficient (Wildman–Crippen LogP) is 1.36. The molecule has 0 saturated heterocycles. The van der Waals surface area contributed by atoms with E-state index in [1.54, 1.807) is 0 Å². The van der Waals surface area contributed by atoms with Crippen LogP contribution < -0.4 is 5.32 Å². The molecular weight excluding hydrogens is 270 g/mol. The molecule has 0 radical (unpaired) electrons. The normalized spacial score (nSPS) is 11.6. The highest BCUT2D eigenvalue weighted by Gasteiger charge is 2.19. The van der Waals surface area contributed by atoms with E-state index in [4.69, 9.17) is 10.4 Å². The molecule has 1 unspecified atom stereocenters. The number of benzene rings is 1. The van der Waals surface area contributed by atoms with Crippen molar-refractivity contribution in [3.8, 4) is 6.07 Å². The van der Waals surface area contributed by atoms with Gasteiger partial charge in [0.15, 0.2) is 0 Å². The molecule has 0 saturated carbocycles. The summed E-state index contributed by atoms with van der Waals surface area (Å²) in [5, 5.41) is 35.8. The molecule has 102 valence electrons. The van der Waals surface area contributed by atoms with Crippen LogP contribution in [-0.2, 0) is 4.79 Å². The molecule has 1 atom stereocenters. The number of nitro benzene ring substituents is 1. The number of non-ortho nitro benzene ring substituents is 1. The number of nitriles is 1. The molecule has 1 aromatic carbocycles. The van der Waals surface area contributed by atoms with Crippen molar-refractivity contribution in [2.75, 3.05) is 0 Å². The van der Waals surface area contributed by atoms with Crippen molar-refractivity contribution in [1.82, 2.24) is 5.32 Å². The van der Waals surface area contributed by atoms with Gasteiger partial charge in [0.1, 0.15) is 6.07 Å². The SMILES string of the molecule is N#CC(N=Nc1cccc([N+](=O)[O-])c1)C(=O)NC(=O)O. The van der Waals surface area contributed by atoms with Gasteiger partial charge in [0, 0.05) is 12.1 Å². The standard InChI is InChI=1S/C10H7N5O5/c11-5-8(9(16)12-10(17)18)14-13-6-2-1-3-7(4-6)15(19)20/h1-4,8H,(H,12,16)(H,17,18). The second-order valence-electron chi connectivity index (χ2n) is 3.32. The smallest absolute Gasteiger partial charge is 0.411 e.